The van der Waals surface area contributed by atoms with Crippen LogP contribution in [0.4, 0.5) is 0 Å². The van der Waals surface area contributed by atoms with Crippen molar-refractivity contribution in [1.82, 2.24) is 5.32 Å². The molecular weight excluding hydrogens is 242 g/mol. The first-order chi connectivity index (χ1) is 9.02. The van der Waals surface area contributed by atoms with Crippen LogP contribution in [0.2, 0.25) is 0 Å². The number of piperidine rings is 1. The molecule has 2 atom stereocenters. The smallest absolute Gasteiger partial charge is 0.320 e. The lowest BCUT2D eigenvalue weighted by Crippen LogP contribution is -2.42. The van der Waals surface area contributed by atoms with Crippen LogP contribution in [-0.4, -0.2) is 24.2 Å². The Bertz CT molecular complexity index is 485. The monoisotopic (exact) mass is 263 g/mol. The highest BCUT2D eigenvalue weighted by atomic mass is 16.5. The molecule has 1 aliphatic heterocycles. The van der Waals surface area contributed by atoms with Crippen molar-refractivity contribution in [2.45, 2.75) is 45.2 Å². The van der Waals surface area contributed by atoms with Crippen molar-refractivity contribution in [3.63, 3.8) is 0 Å². The van der Waals surface area contributed by atoms with Gasteiger partial charge in [-0.25, -0.2) is 0 Å². The van der Waals surface area contributed by atoms with Crippen LogP contribution >= 0.6 is 0 Å². The topological polar surface area (TPSA) is 58.6 Å². The van der Waals surface area contributed by atoms with E-state index in [1.807, 2.05) is 13.0 Å². The highest BCUT2D eigenvalue weighted by Crippen LogP contribution is 2.35. The number of aliphatic carboxylic acids is 1. The van der Waals surface area contributed by atoms with Gasteiger partial charge in [0.2, 0.25) is 0 Å². The Balaban J connectivity index is 2.33. The van der Waals surface area contributed by atoms with Crippen molar-refractivity contribution in [1.29, 1.82) is 0 Å². The predicted molar refractivity (Wildman–Crippen MR) is 73.6 cm³/mol. The van der Waals surface area contributed by atoms with Gasteiger partial charge in [0.05, 0.1) is 7.11 Å². The van der Waals surface area contributed by atoms with E-state index in [4.69, 9.17) is 9.84 Å². The van der Waals surface area contributed by atoms with Crippen molar-refractivity contribution in [2.24, 2.45) is 0 Å². The van der Waals surface area contributed by atoms with Crippen molar-refractivity contribution >= 4 is 5.97 Å². The molecule has 104 valence electrons. The van der Waals surface area contributed by atoms with E-state index in [1.165, 1.54) is 0 Å². The molecule has 1 fully saturated rings. The third-order valence-electron chi connectivity index (χ3n) is 3.75. The van der Waals surface area contributed by atoms with Gasteiger partial charge >= 0.3 is 5.97 Å². The first-order valence-corrected chi connectivity index (χ1v) is 6.67. The molecule has 1 aromatic carbocycles. The largest absolute Gasteiger partial charge is 0.496 e. The third kappa shape index (κ3) is 2.89. The van der Waals surface area contributed by atoms with Crippen LogP contribution in [0.15, 0.2) is 12.1 Å². The molecule has 1 aliphatic rings. The van der Waals surface area contributed by atoms with E-state index in [1.54, 1.807) is 7.11 Å². The minimum atomic E-state index is -0.770. The van der Waals surface area contributed by atoms with E-state index in [0.717, 1.165) is 35.3 Å². The molecule has 0 radical (unpaired) electrons. The number of carboxylic acid groups (broad SMARTS) is 1. The average molecular weight is 263 g/mol. The standard InChI is InChI=1S/C15H21NO3/c1-9-7-10(2)14(13(8-9)19-3)11-5-4-6-12(16-11)15(17)18/h7-8,11-12,16H,4-6H2,1-3H3,(H,17,18). The second kappa shape index (κ2) is 5.61. The first-order valence-electron chi connectivity index (χ1n) is 6.67. The molecule has 0 saturated carbocycles. The number of benzene rings is 1. The summed E-state index contributed by atoms with van der Waals surface area (Å²) in [4.78, 5) is 11.1. The SMILES string of the molecule is COc1cc(C)cc(C)c1C1CCCC(C(=O)O)N1. The maximum atomic E-state index is 11.1. The Kier molecular flexibility index (Phi) is 4.10. The summed E-state index contributed by atoms with van der Waals surface area (Å²) < 4.78 is 5.47. The van der Waals surface area contributed by atoms with Gasteiger partial charge in [-0.1, -0.05) is 6.07 Å². The Morgan fingerprint density at radius 3 is 2.74 bits per heavy atom. The second-order valence-electron chi connectivity index (χ2n) is 5.24. The number of nitrogens with one attached hydrogen (secondary N) is 1. The summed E-state index contributed by atoms with van der Waals surface area (Å²) in [6, 6.07) is 3.73. The average Bonchev–Trinajstić information content (AvgIpc) is 2.37. The van der Waals surface area contributed by atoms with Gasteiger partial charge < -0.3 is 9.84 Å². The number of aryl methyl sites for hydroxylation is 2. The molecule has 1 saturated heterocycles. The van der Waals surface area contributed by atoms with E-state index in [-0.39, 0.29) is 6.04 Å². The van der Waals surface area contributed by atoms with Gasteiger partial charge in [0, 0.05) is 11.6 Å². The third-order valence-corrected chi connectivity index (χ3v) is 3.75. The van der Waals surface area contributed by atoms with Gasteiger partial charge in [-0.2, -0.15) is 0 Å². The quantitative estimate of drug-likeness (QED) is 0.880. The molecule has 0 aliphatic carbocycles. The second-order valence-corrected chi connectivity index (χ2v) is 5.24. The number of hydrogen-bond donors (Lipinski definition) is 2. The van der Waals surface area contributed by atoms with E-state index in [0.29, 0.717) is 6.42 Å². The molecule has 0 bridgehead atoms. The van der Waals surface area contributed by atoms with E-state index in [2.05, 4.69) is 18.3 Å². The number of methoxy groups -OCH3 is 1. The molecule has 0 aromatic heterocycles. The fraction of sp³-hybridized carbons (Fsp3) is 0.533. The fourth-order valence-corrected chi connectivity index (χ4v) is 2.91. The van der Waals surface area contributed by atoms with Gasteiger partial charge in [-0.3, -0.25) is 10.1 Å². The molecule has 0 amide bonds. The van der Waals surface area contributed by atoms with Crippen LogP contribution in [0.5, 0.6) is 5.75 Å². The molecule has 2 N–H and O–H groups in total. The number of carbonyl (C=O) groups is 1. The Morgan fingerprint density at radius 2 is 2.11 bits per heavy atom. The number of hydrogen-bond acceptors (Lipinski definition) is 3. The summed E-state index contributed by atoms with van der Waals surface area (Å²) in [5.41, 5.74) is 3.41. The maximum absolute atomic E-state index is 11.1. The van der Waals surface area contributed by atoms with Crippen molar-refractivity contribution < 1.29 is 14.6 Å². The first kappa shape index (κ1) is 13.9. The Morgan fingerprint density at radius 1 is 1.37 bits per heavy atom. The lowest BCUT2D eigenvalue weighted by atomic mass is 9.89. The summed E-state index contributed by atoms with van der Waals surface area (Å²) in [6.45, 7) is 4.09. The molecule has 19 heavy (non-hydrogen) atoms. The van der Waals surface area contributed by atoms with E-state index < -0.39 is 12.0 Å². The fourth-order valence-electron chi connectivity index (χ4n) is 2.91. The zero-order chi connectivity index (χ0) is 14.0. The highest BCUT2D eigenvalue weighted by molar-refractivity contribution is 5.73. The van der Waals surface area contributed by atoms with Crippen LogP contribution < -0.4 is 10.1 Å². The zero-order valence-corrected chi connectivity index (χ0v) is 11.7. The van der Waals surface area contributed by atoms with Crippen LogP contribution in [0.1, 0.15) is 42.0 Å². The van der Waals surface area contributed by atoms with Gasteiger partial charge in [0.15, 0.2) is 0 Å². The summed E-state index contributed by atoms with van der Waals surface area (Å²) in [5, 5.41) is 12.4. The van der Waals surface area contributed by atoms with Crippen molar-refractivity contribution in [3.8, 4) is 5.75 Å². The predicted octanol–water partition coefficient (Wildman–Crippen LogP) is 2.58. The lowest BCUT2D eigenvalue weighted by molar-refractivity contribution is -0.140. The Labute approximate surface area is 113 Å². The minimum absolute atomic E-state index is 0.0606. The van der Waals surface area contributed by atoms with E-state index in [9.17, 15) is 4.79 Å². The normalized spacial score (nSPS) is 23.1. The van der Waals surface area contributed by atoms with Gasteiger partial charge in [0.1, 0.15) is 11.8 Å². The van der Waals surface area contributed by atoms with Crippen molar-refractivity contribution in [3.05, 3.63) is 28.8 Å². The lowest BCUT2D eigenvalue weighted by Gasteiger charge is -2.31. The molecule has 1 aromatic rings. The summed E-state index contributed by atoms with van der Waals surface area (Å²) in [7, 11) is 1.66. The molecule has 1 heterocycles. The van der Waals surface area contributed by atoms with Gasteiger partial charge in [-0.05, 0) is 50.3 Å². The van der Waals surface area contributed by atoms with Crippen LogP contribution in [0.3, 0.4) is 0 Å². The molecule has 0 spiro atoms. The molecule has 2 unspecified atom stereocenters. The Hall–Kier alpha value is -1.55. The highest BCUT2D eigenvalue weighted by Gasteiger charge is 2.29. The summed E-state index contributed by atoms with van der Waals surface area (Å²) in [6.07, 6.45) is 2.56. The minimum Gasteiger partial charge on any atom is -0.496 e. The number of rotatable bonds is 3. The number of carboxylic acids is 1. The van der Waals surface area contributed by atoms with Crippen molar-refractivity contribution in [2.75, 3.05) is 7.11 Å². The maximum Gasteiger partial charge on any atom is 0.320 e. The van der Waals surface area contributed by atoms with Crippen LogP contribution in [0.25, 0.3) is 0 Å². The number of ether oxygens (including phenoxy) is 1. The van der Waals surface area contributed by atoms with E-state index >= 15 is 0 Å². The summed E-state index contributed by atoms with van der Waals surface area (Å²) in [5.74, 6) is 0.0782. The molecule has 2 rings (SSSR count). The molecule has 4 heteroatoms. The zero-order valence-electron chi connectivity index (χ0n) is 11.7. The van der Waals surface area contributed by atoms with Crippen LogP contribution in [0, 0.1) is 13.8 Å². The van der Waals surface area contributed by atoms with Gasteiger partial charge in [0.25, 0.3) is 0 Å². The van der Waals surface area contributed by atoms with Crippen LogP contribution in [-0.2, 0) is 4.79 Å². The summed E-state index contributed by atoms with van der Waals surface area (Å²) >= 11 is 0. The molecule has 4 nitrogen and oxygen atoms in total. The molecular formula is C15H21NO3. The van der Waals surface area contributed by atoms with Gasteiger partial charge in [-0.15, -0.1) is 0 Å².